The van der Waals surface area contributed by atoms with Crippen molar-refractivity contribution < 1.29 is 4.79 Å². The summed E-state index contributed by atoms with van der Waals surface area (Å²) in [7, 11) is 3.60. The quantitative estimate of drug-likeness (QED) is 0.930. The van der Waals surface area contributed by atoms with Crippen molar-refractivity contribution in [1.29, 1.82) is 0 Å². The average Bonchev–Trinajstić information content (AvgIpc) is 2.83. The molecule has 1 N–H and O–H groups in total. The van der Waals surface area contributed by atoms with Gasteiger partial charge in [0, 0.05) is 32.5 Å². The van der Waals surface area contributed by atoms with Crippen molar-refractivity contribution in [3.05, 3.63) is 44.8 Å². The van der Waals surface area contributed by atoms with E-state index in [-0.39, 0.29) is 5.91 Å². The maximum atomic E-state index is 12.3. The molecule has 2 heterocycles. The second kappa shape index (κ2) is 6.16. The molecule has 0 radical (unpaired) electrons. The molecule has 0 aliphatic carbocycles. The van der Waals surface area contributed by atoms with Crippen LogP contribution < -0.4 is 5.32 Å². The summed E-state index contributed by atoms with van der Waals surface area (Å²) in [6, 6.07) is 5.60. The van der Waals surface area contributed by atoms with Crippen molar-refractivity contribution in [1.82, 2.24) is 9.88 Å². The number of thiophene rings is 1. The molecular formula is C13H14BrN3OS. The molecule has 0 aliphatic heterocycles. The number of nitrogens with zero attached hydrogens (tertiary/aromatic N) is 2. The van der Waals surface area contributed by atoms with E-state index in [9.17, 15) is 4.79 Å². The van der Waals surface area contributed by atoms with Gasteiger partial charge in [-0.1, -0.05) is 0 Å². The van der Waals surface area contributed by atoms with Gasteiger partial charge in [0.15, 0.2) is 0 Å². The minimum atomic E-state index is -0.0839. The molecule has 2 aromatic heterocycles. The highest BCUT2D eigenvalue weighted by atomic mass is 79.9. The van der Waals surface area contributed by atoms with Gasteiger partial charge in [-0.25, -0.2) is 0 Å². The minimum Gasteiger partial charge on any atom is -0.388 e. The molecule has 0 aliphatic rings. The molecule has 6 heteroatoms. The highest BCUT2D eigenvalue weighted by molar-refractivity contribution is 9.11. The van der Waals surface area contributed by atoms with Crippen LogP contribution in [0.15, 0.2) is 33.6 Å². The fraction of sp³-hybridized carbons (Fsp3) is 0.231. The Balaban J connectivity index is 2.09. The first-order valence-electron chi connectivity index (χ1n) is 5.72. The number of halogens is 1. The van der Waals surface area contributed by atoms with Crippen LogP contribution in [-0.4, -0.2) is 29.9 Å². The lowest BCUT2D eigenvalue weighted by atomic mass is 10.2. The highest BCUT2D eigenvalue weighted by Gasteiger charge is 2.14. The van der Waals surface area contributed by atoms with Crippen LogP contribution in [0.3, 0.4) is 0 Å². The third-order valence-corrected chi connectivity index (χ3v) is 4.21. The smallest absolute Gasteiger partial charge is 0.272 e. The zero-order valence-electron chi connectivity index (χ0n) is 10.7. The molecule has 0 unspecified atom stereocenters. The van der Waals surface area contributed by atoms with Crippen LogP contribution in [0.25, 0.3) is 0 Å². The summed E-state index contributed by atoms with van der Waals surface area (Å²) < 4.78 is 1.07. The van der Waals surface area contributed by atoms with Crippen molar-refractivity contribution in [2.75, 3.05) is 19.4 Å². The molecule has 0 saturated heterocycles. The van der Waals surface area contributed by atoms with Crippen LogP contribution >= 0.6 is 27.3 Å². The van der Waals surface area contributed by atoms with Gasteiger partial charge in [-0.15, -0.1) is 11.3 Å². The van der Waals surface area contributed by atoms with Gasteiger partial charge in [0.1, 0.15) is 5.69 Å². The minimum absolute atomic E-state index is 0.0839. The summed E-state index contributed by atoms with van der Waals surface area (Å²) in [4.78, 5) is 18.0. The standard InChI is InChI=1S/C13H14BrN3OS/c1-15-10-3-4-16-11(6-10)13(18)17(2)7-9-5-12(14)19-8-9/h3-6,8H,7H2,1-2H3,(H,15,16). The van der Waals surface area contributed by atoms with E-state index in [4.69, 9.17) is 0 Å². The first kappa shape index (κ1) is 14.0. The SMILES string of the molecule is CNc1ccnc(C(=O)N(C)Cc2csc(Br)c2)c1. The summed E-state index contributed by atoms with van der Waals surface area (Å²) in [6.45, 7) is 0.576. The molecule has 4 nitrogen and oxygen atoms in total. The van der Waals surface area contributed by atoms with E-state index in [1.54, 1.807) is 35.5 Å². The Morgan fingerprint density at radius 2 is 2.32 bits per heavy atom. The average molecular weight is 340 g/mol. The van der Waals surface area contributed by atoms with Crippen molar-refractivity contribution >= 4 is 38.9 Å². The first-order chi connectivity index (χ1) is 9.10. The van der Waals surface area contributed by atoms with Gasteiger partial charge in [0.2, 0.25) is 0 Å². The molecule has 0 saturated carbocycles. The van der Waals surface area contributed by atoms with Gasteiger partial charge in [-0.3, -0.25) is 9.78 Å². The number of hydrogen-bond acceptors (Lipinski definition) is 4. The van der Waals surface area contributed by atoms with Crippen LogP contribution in [0, 0.1) is 0 Å². The molecule has 0 bridgehead atoms. The van der Waals surface area contributed by atoms with E-state index in [1.807, 2.05) is 24.6 Å². The van der Waals surface area contributed by atoms with E-state index >= 15 is 0 Å². The Labute approximate surface area is 124 Å². The van der Waals surface area contributed by atoms with Gasteiger partial charge in [0.25, 0.3) is 5.91 Å². The fourth-order valence-electron chi connectivity index (χ4n) is 1.67. The maximum absolute atomic E-state index is 12.3. The third kappa shape index (κ3) is 3.54. The van der Waals surface area contributed by atoms with Gasteiger partial charge >= 0.3 is 0 Å². The predicted molar refractivity (Wildman–Crippen MR) is 81.6 cm³/mol. The summed E-state index contributed by atoms with van der Waals surface area (Å²) in [6.07, 6.45) is 1.63. The molecule has 19 heavy (non-hydrogen) atoms. The number of hydrogen-bond donors (Lipinski definition) is 1. The second-order valence-corrected chi connectivity index (χ2v) is 6.39. The second-order valence-electron chi connectivity index (χ2n) is 4.10. The van der Waals surface area contributed by atoms with E-state index in [2.05, 4.69) is 26.2 Å². The number of carbonyl (C=O) groups is 1. The van der Waals surface area contributed by atoms with Crippen LogP contribution in [0.1, 0.15) is 16.1 Å². The number of nitrogens with one attached hydrogen (secondary N) is 1. The Bertz CT molecular complexity index is 585. The van der Waals surface area contributed by atoms with E-state index in [1.165, 1.54) is 0 Å². The Morgan fingerprint density at radius 3 is 2.95 bits per heavy atom. The zero-order valence-corrected chi connectivity index (χ0v) is 13.1. The van der Waals surface area contributed by atoms with Gasteiger partial charge in [0.05, 0.1) is 3.79 Å². The molecule has 0 atom stereocenters. The molecular weight excluding hydrogens is 326 g/mol. The zero-order chi connectivity index (χ0) is 13.8. The molecule has 0 fully saturated rings. The number of amides is 1. The van der Waals surface area contributed by atoms with Crippen molar-refractivity contribution in [2.24, 2.45) is 0 Å². The predicted octanol–water partition coefficient (Wildman–Crippen LogP) is 3.22. The Kier molecular flexibility index (Phi) is 4.55. The molecule has 100 valence electrons. The Morgan fingerprint density at radius 1 is 1.53 bits per heavy atom. The summed E-state index contributed by atoms with van der Waals surface area (Å²) in [5, 5.41) is 5.03. The summed E-state index contributed by atoms with van der Waals surface area (Å²) >= 11 is 5.03. The third-order valence-electron chi connectivity index (χ3n) is 2.66. The number of aromatic nitrogens is 1. The topological polar surface area (TPSA) is 45.2 Å². The fourth-order valence-corrected chi connectivity index (χ4v) is 2.87. The molecule has 2 rings (SSSR count). The van der Waals surface area contributed by atoms with Crippen molar-refractivity contribution in [2.45, 2.75) is 6.54 Å². The maximum Gasteiger partial charge on any atom is 0.272 e. The largest absolute Gasteiger partial charge is 0.388 e. The molecule has 1 amide bonds. The van der Waals surface area contributed by atoms with E-state index in [0.717, 1.165) is 15.0 Å². The number of rotatable bonds is 4. The first-order valence-corrected chi connectivity index (χ1v) is 7.39. The normalized spacial score (nSPS) is 10.3. The van der Waals surface area contributed by atoms with Gasteiger partial charge < -0.3 is 10.2 Å². The lowest BCUT2D eigenvalue weighted by Crippen LogP contribution is -2.26. The van der Waals surface area contributed by atoms with E-state index < -0.39 is 0 Å². The number of carbonyl (C=O) groups excluding carboxylic acids is 1. The van der Waals surface area contributed by atoms with Crippen LogP contribution in [0.5, 0.6) is 0 Å². The molecule has 0 spiro atoms. The Hall–Kier alpha value is -1.40. The monoisotopic (exact) mass is 339 g/mol. The summed E-state index contributed by atoms with van der Waals surface area (Å²) in [5.41, 5.74) is 2.44. The van der Waals surface area contributed by atoms with E-state index in [0.29, 0.717) is 12.2 Å². The molecule has 0 aromatic carbocycles. The lowest BCUT2D eigenvalue weighted by molar-refractivity contribution is 0.0779. The van der Waals surface area contributed by atoms with Crippen molar-refractivity contribution in [3.8, 4) is 0 Å². The lowest BCUT2D eigenvalue weighted by Gasteiger charge is -2.16. The number of pyridine rings is 1. The molecule has 2 aromatic rings. The van der Waals surface area contributed by atoms with Crippen molar-refractivity contribution in [3.63, 3.8) is 0 Å². The van der Waals surface area contributed by atoms with Crippen LogP contribution in [0.4, 0.5) is 5.69 Å². The highest BCUT2D eigenvalue weighted by Crippen LogP contribution is 2.22. The number of anilines is 1. The van der Waals surface area contributed by atoms with Gasteiger partial charge in [-0.2, -0.15) is 0 Å². The van der Waals surface area contributed by atoms with Crippen LogP contribution in [-0.2, 0) is 6.54 Å². The van der Waals surface area contributed by atoms with Gasteiger partial charge in [-0.05, 0) is 45.1 Å². The van der Waals surface area contributed by atoms with Crippen LogP contribution in [0.2, 0.25) is 0 Å². The summed E-state index contributed by atoms with van der Waals surface area (Å²) in [5.74, 6) is -0.0839.